The topological polar surface area (TPSA) is 52.9 Å². The normalized spacial score (nSPS) is 11.0. The van der Waals surface area contributed by atoms with Gasteiger partial charge in [0, 0.05) is 15.7 Å². The number of nitrogens with zero attached hydrogens (tertiary/aromatic N) is 1. The maximum atomic E-state index is 12.6. The van der Waals surface area contributed by atoms with E-state index in [0.717, 1.165) is 16.7 Å². The fraction of sp³-hybridized carbons (Fsp3) is 0.0833. The van der Waals surface area contributed by atoms with Crippen LogP contribution in [0.5, 0.6) is 0 Å². The monoisotopic (exact) mass is 420 g/mol. The number of carbonyl (C=O) groups excluding carboxylic acids is 1. The first-order valence-electron chi connectivity index (χ1n) is 8.98. The van der Waals surface area contributed by atoms with Gasteiger partial charge in [0.1, 0.15) is 11.6 Å². The Morgan fingerprint density at radius 3 is 2.55 bits per heavy atom. The molecule has 3 aromatic carbocycles. The van der Waals surface area contributed by atoms with Crippen LogP contribution in [0.3, 0.4) is 0 Å². The molecule has 0 aliphatic heterocycles. The van der Waals surface area contributed by atoms with Crippen molar-refractivity contribution in [3.8, 4) is 6.07 Å². The van der Waals surface area contributed by atoms with E-state index < -0.39 is 5.91 Å². The minimum absolute atomic E-state index is 0.00539. The fourth-order valence-corrected chi connectivity index (χ4v) is 3.32. The fourth-order valence-electron chi connectivity index (χ4n) is 2.93. The Bertz CT molecular complexity index is 1130. The average molecular weight is 421 g/mol. The zero-order valence-corrected chi connectivity index (χ0v) is 17.3. The number of aryl methyl sites for hydroxylation is 1. The van der Waals surface area contributed by atoms with Gasteiger partial charge in [-0.05, 0) is 72.0 Å². The molecule has 0 aromatic heterocycles. The van der Waals surface area contributed by atoms with Crippen molar-refractivity contribution in [2.24, 2.45) is 0 Å². The minimum Gasteiger partial charge on any atom is -0.321 e. The Kier molecular flexibility index (Phi) is 6.72. The van der Waals surface area contributed by atoms with E-state index in [1.165, 1.54) is 0 Å². The van der Waals surface area contributed by atoms with Gasteiger partial charge in [0.2, 0.25) is 0 Å². The lowest BCUT2D eigenvalue weighted by molar-refractivity contribution is -0.112. The largest absolute Gasteiger partial charge is 0.321 e. The van der Waals surface area contributed by atoms with E-state index in [1.807, 2.05) is 61.5 Å². The molecule has 0 unspecified atom stereocenters. The second-order valence-corrected chi connectivity index (χ2v) is 7.45. The van der Waals surface area contributed by atoms with Gasteiger partial charge in [-0.1, -0.05) is 59.6 Å². The van der Waals surface area contributed by atoms with Crippen LogP contribution in [0.1, 0.15) is 22.3 Å². The molecule has 0 saturated heterocycles. The van der Waals surface area contributed by atoms with E-state index in [0.29, 0.717) is 27.7 Å². The van der Waals surface area contributed by atoms with Crippen molar-refractivity contribution in [2.75, 3.05) is 5.32 Å². The first kappa shape index (κ1) is 20.7. The van der Waals surface area contributed by atoms with Gasteiger partial charge in [0.25, 0.3) is 5.91 Å². The Labute approximate surface area is 180 Å². The van der Waals surface area contributed by atoms with Crippen molar-refractivity contribution >= 4 is 40.9 Å². The highest BCUT2D eigenvalue weighted by Crippen LogP contribution is 2.25. The van der Waals surface area contributed by atoms with Gasteiger partial charge in [-0.25, -0.2) is 0 Å². The molecule has 0 spiro atoms. The Hall–Kier alpha value is -3.06. The number of nitrogens with one attached hydrogen (secondary N) is 1. The van der Waals surface area contributed by atoms with Crippen LogP contribution in [0, 0.1) is 18.3 Å². The number of rotatable bonds is 5. The first-order valence-corrected chi connectivity index (χ1v) is 9.73. The average Bonchev–Trinajstić information content (AvgIpc) is 2.69. The molecule has 1 N–H and O–H groups in total. The Morgan fingerprint density at radius 1 is 1.03 bits per heavy atom. The summed E-state index contributed by atoms with van der Waals surface area (Å²) in [5.41, 5.74) is 4.22. The number of amides is 1. The Balaban J connectivity index is 1.92. The smallest absolute Gasteiger partial charge is 0.266 e. The number of carbonyl (C=O) groups is 1. The van der Waals surface area contributed by atoms with Crippen LogP contribution < -0.4 is 5.32 Å². The summed E-state index contributed by atoms with van der Waals surface area (Å²) in [7, 11) is 0. The molecule has 1 amide bonds. The van der Waals surface area contributed by atoms with Crippen molar-refractivity contribution in [3.05, 3.63) is 105 Å². The third-order valence-corrected chi connectivity index (χ3v) is 4.99. The molecule has 0 atom stereocenters. The van der Waals surface area contributed by atoms with Gasteiger partial charge >= 0.3 is 0 Å². The van der Waals surface area contributed by atoms with E-state index in [-0.39, 0.29) is 5.57 Å². The molecule has 3 rings (SSSR count). The third-order valence-electron chi connectivity index (χ3n) is 4.39. The second kappa shape index (κ2) is 9.43. The summed E-state index contributed by atoms with van der Waals surface area (Å²) in [6.07, 6.45) is 2.12. The standard InChI is InChI=1S/C24H18Cl2N2O/c1-16-5-4-7-22(11-16)28-24(29)20(15-27)13-19-14-21(25)10-9-17(19)12-18-6-2-3-8-23(18)26/h2-11,13-14H,12H2,1H3,(H,28,29)/b20-13+. The molecule has 0 saturated carbocycles. The van der Waals surface area contributed by atoms with E-state index >= 15 is 0 Å². The van der Waals surface area contributed by atoms with Crippen LogP contribution in [0.25, 0.3) is 6.08 Å². The van der Waals surface area contributed by atoms with Gasteiger partial charge in [-0.2, -0.15) is 5.26 Å². The molecule has 29 heavy (non-hydrogen) atoms. The summed E-state index contributed by atoms with van der Waals surface area (Å²) in [5.74, 6) is -0.471. The first-order chi connectivity index (χ1) is 14.0. The summed E-state index contributed by atoms with van der Waals surface area (Å²) in [6, 6.07) is 22.4. The Morgan fingerprint density at radius 2 is 1.83 bits per heavy atom. The van der Waals surface area contributed by atoms with Crippen LogP contribution in [0.15, 0.2) is 72.3 Å². The molecule has 0 bridgehead atoms. The van der Waals surface area contributed by atoms with Crippen molar-refractivity contribution in [2.45, 2.75) is 13.3 Å². The summed E-state index contributed by atoms with van der Waals surface area (Å²) >= 11 is 12.5. The van der Waals surface area contributed by atoms with E-state index in [9.17, 15) is 10.1 Å². The summed E-state index contributed by atoms with van der Waals surface area (Å²) < 4.78 is 0. The highest BCUT2D eigenvalue weighted by molar-refractivity contribution is 6.31. The molecule has 0 aliphatic rings. The highest BCUT2D eigenvalue weighted by atomic mass is 35.5. The van der Waals surface area contributed by atoms with Gasteiger partial charge in [-0.15, -0.1) is 0 Å². The van der Waals surface area contributed by atoms with Gasteiger partial charge < -0.3 is 5.32 Å². The lowest BCUT2D eigenvalue weighted by Crippen LogP contribution is -2.13. The molecule has 5 heteroatoms. The molecule has 3 nitrogen and oxygen atoms in total. The quantitative estimate of drug-likeness (QED) is 0.381. The number of nitriles is 1. The van der Waals surface area contributed by atoms with Crippen LogP contribution in [-0.4, -0.2) is 5.91 Å². The van der Waals surface area contributed by atoms with Crippen molar-refractivity contribution in [1.29, 1.82) is 5.26 Å². The van der Waals surface area contributed by atoms with Crippen molar-refractivity contribution in [1.82, 2.24) is 0 Å². The molecule has 3 aromatic rings. The molecule has 0 radical (unpaired) electrons. The lowest BCUT2D eigenvalue weighted by atomic mass is 9.98. The zero-order chi connectivity index (χ0) is 20.8. The number of anilines is 1. The lowest BCUT2D eigenvalue weighted by Gasteiger charge is -2.10. The second-order valence-electron chi connectivity index (χ2n) is 6.60. The van der Waals surface area contributed by atoms with Crippen LogP contribution >= 0.6 is 23.2 Å². The highest BCUT2D eigenvalue weighted by Gasteiger charge is 2.12. The van der Waals surface area contributed by atoms with Gasteiger partial charge in [0.15, 0.2) is 0 Å². The molecular formula is C24H18Cl2N2O. The molecule has 0 fully saturated rings. The SMILES string of the molecule is Cc1cccc(NC(=O)/C(C#N)=C/c2cc(Cl)ccc2Cc2ccccc2Cl)c1. The minimum atomic E-state index is -0.471. The number of benzene rings is 3. The predicted molar refractivity (Wildman–Crippen MR) is 119 cm³/mol. The summed E-state index contributed by atoms with van der Waals surface area (Å²) in [4.78, 5) is 12.6. The van der Waals surface area contributed by atoms with Crippen molar-refractivity contribution in [3.63, 3.8) is 0 Å². The molecule has 0 heterocycles. The molecule has 0 aliphatic carbocycles. The maximum Gasteiger partial charge on any atom is 0.266 e. The number of halogens is 2. The number of hydrogen-bond donors (Lipinski definition) is 1. The predicted octanol–water partition coefficient (Wildman–Crippen LogP) is 6.44. The van der Waals surface area contributed by atoms with Crippen LogP contribution in [0.2, 0.25) is 10.0 Å². The molecular weight excluding hydrogens is 403 g/mol. The van der Waals surface area contributed by atoms with Crippen LogP contribution in [0.4, 0.5) is 5.69 Å². The van der Waals surface area contributed by atoms with Gasteiger partial charge in [-0.3, -0.25) is 4.79 Å². The summed E-state index contributed by atoms with van der Waals surface area (Å²) in [5, 5.41) is 13.5. The van der Waals surface area contributed by atoms with Gasteiger partial charge in [0.05, 0.1) is 0 Å². The van der Waals surface area contributed by atoms with E-state index in [2.05, 4.69) is 5.32 Å². The maximum absolute atomic E-state index is 12.6. The molecule has 144 valence electrons. The third kappa shape index (κ3) is 5.48. The van der Waals surface area contributed by atoms with E-state index in [4.69, 9.17) is 23.2 Å². The zero-order valence-electron chi connectivity index (χ0n) is 15.7. The van der Waals surface area contributed by atoms with Crippen LogP contribution in [-0.2, 0) is 11.2 Å². The summed E-state index contributed by atoms with van der Waals surface area (Å²) in [6.45, 7) is 1.93. The number of hydrogen-bond acceptors (Lipinski definition) is 2. The van der Waals surface area contributed by atoms with Crippen molar-refractivity contribution < 1.29 is 4.79 Å². The van der Waals surface area contributed by atoms with E-state index in [1.54, 1.807) is 24.3 Å².